The van der Waals surface area contributed by atoms with Crippen molar-refractivity contribution in [3.8, 4) is 0 Å². The number of amides is 1. The molecule has 1 amide bonds. The highest BCUT2D eigenvalue weighted by Gasteiger charge is 2.09. The van der Waals surface area contributed by atoms with E-state index in [4.69, 9.17) is 16.3 Å². The van der Waals surface area contributed by atoms with Crippen molar-refractivity contribution in [1.29, 1.82) is 0 Å². The molecule has 0 unspecified atom stereocenters. The molecule has 0 bridgehead atoms. The molecule has 1 N–H and O–H groups in total. The van der Waals surface area contributed by atoms with Gasteiger partial charge in [-0.05, 0) is 25.1 Å². The van der Waals surface area contributed by atoms with E-state index in [1.165, 1.54) is 4.68 Å². The SMILES string of the molecule is CCOC(=O)Cn1ncc2ccc(NC(=O)CCl)cc21. The first-order valence-electron chi connectivity index (χ1n) is 6.11. The summed E-state index contributed by atoms with van der Waals surface area (Å²) >= 11 is 5.44. The Balaban J connectivity index is 2.25. The van der Waals surface area contributed by atoms with Gasteiger partial charge >= 0.3 is 5.97 Å². The van der Waals surface area contributed by atoms with Gasteiger partial charge < -0.3 is 10.1 Å². The molecule has 106 valence electrons. The third-order valence-corrected chi connectivity index (χ3v) is 2.88. The van der Waals surface area contributed by atoms with Crippen LogP contribution in [0.5, 0.6) is 0 Å². The van der Waals surface area contributed by atoms with Gasteiger partial charge in [0.1, 0.15) is 12.4 Å². The van der Waals surface area contributed by atoms with Gasteiger partial charge in [-0.3, -0.25) is 14.3 Å². The molecule has 0 aliphatic carbocycles. The van der Waals surface area contributed by atoms with Crippen molar-refractivity contribution in [2.45, 2.75) is 13.5 Å². The van der Waals surface area contributed by atoms with E-state index in [9.17, 15) is 9.59 Å². The zero-order chi connectivity index (χ0) is 14.5. The predicted molar refractivity (Wildman–Crippen MR) is 75.7 cm³/mol. The van der Waals surface area contributed by atoms with Gasteiger partial charge in [0.2, 0.25) is 5.91 Å². The monoisotopic (exact) mass is 295 g/mol. The quantitative estimate of drug-likeness (QED) is 0.674. The average Bonchev–Trinajstić information content (AvgIpc) is 2.81. The molecule has 0 atom stereocenters. The molecular formula is C13H14ClN3O3. The van der Waals surface area contributed by atoms with Crippen LogP contribution in [0.25, 0.3) is 10.9 Å². The van der Waals surface area contributed by atoms with E-state index in [1.807, 2.05) is 6.07 Å². The minimum absolute atomic E-state index is 0.0320. The van der Waals surface area contributed by atoms with Crippen LogP contribution in [0, 0.1) is 0 Å². The lowest BCUT2D eigenvalue weighted by molar-refractivity contribution is -0.143. The standard InChI is InChI=1S/C13H14ClN3O3/c1-2-20-13(19)8-17-11-5-10(16-12(18)6-14)4-3-9(11)7-15-17/h3-5,7H,2,6,8H2,1H3,(H,16,18). The number of ether oxygens (including phenoxy) is 1. The number of nitrogens with zero attached hydrogens (tertiary/aromatic N) is 2. The van der Waals surface area contributed by atoms with E-state index in [-0.39, 0.29) is 24.3 Å². The van der Waals surface area contributed by atoms with Crippen molar-refractivity contribution in [2.24, 2.45) is 0 Å². The second-order valence-electron chi connectivity index (χ2n) is 4.06. The van der Waals surface area contributed by atoms with Gasteiger partial charge in [-0.25, -0.2) is 0 Å². The molecule has 1 aromatic carbocycles. The van der Waals surface area contributed by atoms with Crippen LogP contribution >= 0.6 is 11.6 Å². The van der Waals surface area contributed by atoms with Crippen molar-refractivity contribution < 1.29 is 14.3 Å². The molecule has 0 saturated carbocycles. The van der Waals surface area contributed by atoms with Crippen LogP contribution in [0.15, 0.2) is 24.4 Å². The lowest BCUT2D eigenvalue weighted by Crippen LogP contribution is -2.15. The van der Waals surface area contributed by atoms with Crippen molar-refractivity contribution in [2.75, 3.05) is 17.8 Å². The predicted octanol–water partition coefficient (Wildman–Crippen LogP) is 1.78. The topological polar surface area (TPSA) is 73.2 Å². The molecule has 2 aromatic rings. The number of carbonyl (C=O) groups is 2. The summed E-state index contributed by atoms with van der Waals surface area (Å²) in [6.45, 7) is 2.11. The molecule has 6 nitrogen and oxygen atoms in total. The summed E-state index contributed by atoms with van der Waals surface area (Å²) in [5, 5.41) is 7.66. The van der Waals surface area contributed by atoms with Crippen molar-refractivity contribution in [1.82, 2.24) is 9.78 Å². The highest BCUT2D eigenvalue weighted by molar-refractivity contribution is 6.29. The Morgan fingerprint density at radius 1 is 1.45 bits per heavy atom. The Morgan fingerprint density at radius 3 is 2.95 bits per heavy atom. The fourth-order valence-electron chi connectivity index (χ4n) is 1.80. The Hall–Kier alpha value is -2.08. The van der Waals surface area contributed by atoms with E-state index in [0.29, 0.717) is 12.3 Å². The summed E-state index contributed by atoms with van der Waals surface area (Å²) in [4.78, 5) is 22.8. The minimum Gasteiger partial charge on any atom is -0.465 e. The normalized spacial score (nSPS) is 10.5. The van der Waals surface area contributed by atoms with E-state index in [0.717, 1.165) is 10.9 Å². The fourth-order valence-corrected chi connectivity index (χ4v) is 1.86. The molecule has 0 fully saturated rings. The smallest absolute Gasteiger partial charge is 0.327 e. The average molecular weight is 296 g/mol. The highest BCUT2D eigenvalue weighted by atomic mass is 35.5. The highest BCUT2D eigenvalue weighted by Crippen LogP contribution is 2.19. The maximum absolute atomic E-state index is 11.5. The zero-order valence-electron chi connectivity index (χ0n) is 10.9. The summed E-state index contributed by atoms with van der Waals surface area (Å²) in [6, 6.07) is 5.31. The Morgan fingerprint density at radius 2 is 2.25 bits per heavy atom. The second-order valence-corrected chi connectivity index (χ2v) is 4.33. The summed E-state index contributed by atoms with van der Waals surface area (Å²) in [7, 11) is 0. The van der Waals surface area contributed by atoms with Gasteiger partial charge in [0, 0.05) is 11.1 Å². The maximum Gasteiger partial charge on any atom is 0.327 e. The van der Waals surface area contributed by atoms with Crippen LogP contribution in [0.3, 0.4) is 0 Å². The second kappa shape index (κ2) is 6.38. The number of anilines is 1. The maximum atomic E-state index is 11.5. The van der Waals surface area contributed by atoms with Crippen LogP contribution in [-0.2, 0) is 20.9 Å². The number of fused-ring (bicyclic) bond motifs is 1. The van der Waals surface area contributed by atoms with Crippen LogP contribution in [0.4, 0.5) is 5.69 Å². The molecule has 0 aliphatic rings. The molecule has 7 heteroatoms. The summed E-state index contributed by atoms with van der Waals surface area (Å²) in [6.07, 6.45) is 1.65. The van der Waals surface area contributed by atoms with E-state index in [1.54, 1.807) is 25.3 Å². The molecule has 1 aromatic heterocycles. The fraction of sp³-hybridized carbons (Fsp3) is 0.308. The number of aromatic nitrogens is 2. The zero-order valence-corrected chi connectivity index (χ0v) is 11.7. The number of hydrogen-bond acceptors (Lipinski definition) is 4. The molecule has 0 spiro atoms. The number of alkyl halides is 1. The van der Waals surface area contributed by atoms with Crippen LogP contribution in [-0.4, -0.2) is 34.1 Å². The van der Waals surface area contributed by atoms with Gasteiger partial charge in [-0.15, -0.1) is 11.6 Å². The molecule has 1 heterocycles. The van der Waals surface area contributed by atoms with Gasteiger partial charge in [-0.1, -0.05) is 0 Å². The molecule has 20 heavy (non-hydrogen) atoms. The molecule has 0 aliphatic heterocycles. The van der Waals surface area contributed by atoms with E-state index < -0.39 is 0 Å². The van der Waals surface area contributed by atoms with Crippen LogP contribution in [0.1, 0.15) is 6.92 Å². The first-order chi connectivity index (χ1) is 9.63. The number of hydrogen-bond donors (Lipinski definition) is 1. The minimum atomic E-state index is -0.354. The first kappa shape index (κ1) is 14.3. The third kappa shape index (κ3) is 3.27. The van der Waals surface area contributed by atoms with Crippen LogP contribution < -0.4 is 5.32 Å². The molecule has 2 rings (SSSR count). The van der Waals surface area contributed by atoms with Gasteiger partial charge in [0.15, 0.2) is 0 Å². The number of nitrogens with one attached hydrogen (secondary N) is 1. The molecular weight excluding hydrogens is 282 g/mol. The lowest BCUT2D eigenvalue weighted by Gasteiger charge is -2.06. The summed E-state index contributed by atoms with van der Waals surface area (Å²) < 4.78 is 6.42. The number of benzene rings is 1. The Kier molecular flexibility index (Phi) is 4.57. The number of halogens is 1. The summed E-state index contributed by atoms with van der Waals surface area (Å²) in [5.74, 6) is -0.754. The van der Waals surface area contributed by atoms with E-state index >= 15 is 0 Å². The third-order valence-electron chi connectivity index (χ3n) is 2.63. The molecule has 0 radical (unpaired) electrons. The van der Waals surface area contributed by atoms with Gasteiger partial charge in [0.05, 0.1) is 18.3 Å². The Labute approximate surface area is 120 Å². The van der Waals surface area contributed by atoms with E-state index in [2.05, 4.69) is 10.4 Å². The van der Waals surface area contributed by atoms with Crippen molar-refractivity contribution in [3.05, 3.63) is 24.4 Å². The number of carbonyl (C=O) groups excluding carboxylic acids is 2. The van der Waals surface area contributed by atoms with Crippen molar-refractivity contribution >= 4 is 40.1 Å². The molecule has 0 saturated heterocycles. The van der Waals surface area contributed by atoms with Gasteiger partial charge in [-0.2, -0.15) is 5.10 Å². The number of esters is 1. The first-order valence-corrected chi connectivity index (χ1v) is 6.64. The lowest BCUT2D eigenvalue weighted by atomic mass is 10.2. The van der Waals surface area contributed by atoms with Gasteiger partial charge in [0.25, 0.3) is 0 Å². The Bertz CT molecular complexity index is 639. The number of rotatable bonds is 5. The van der Waals surface area contributed by atoms with Crippen molar-refractivity contribution in [3.63, 3.8) is 0 Å². The summed E-state index contributed by atoms with van der Waals surface area (Å²) in [5.41, 5.74) is 1.35. The van der Waals surface area contributed by atoms with Crippen LogP contribution in [0.2, 0.25) is 0 Å². The largest absolute Gasteiger partial charge is 0.465 e.